The quantitative estimate of drug-likeness (QED) is 0.639. The van der Waals surface area contributed by atoms with Crippen LogP contribution in [0.3, 0.4) is 0 Å². The van der Waals surface area contributed by atoms with Gasteiger partial charge in [0.15, 0.2) is 11.5 Å². The number of benzene rings is 1. The van der Waals surface area contributed by atoms with Gasteiger partial charge in [-0.05, 0) is 12.1 Å². The summed E-state index contributed by atoms with van der Waals surface area (Å²) in [5, 5.41) is 0. The largest absolute Gasteiger partial charge is 0.493 e. The van der Waals surface area contributed by atoms with Crippen LogP contribution < -0.4 is 14.4 Å². The standard InChI is InChI=1S/C16H23NO6/c1-20-13-6-5-12(11-14(13)21-2)17(9-7-15(18)22-3)10-8-16(19)23-4/h5-6,11H,7-10H2,1-4H3. The van der Waals surface area contributed by atoms with E-state index in [0.717, 1.165) is 5.69 Å². The zero-order valence-electron chi connectivity index (χ0n) is 14.0. The van der Waals surface area contributed by atoms with Gasteiger partial charge in [0.25, 0.3) is 0 Å². The number of hydrogen-bond acceptors (Lipinski definition) is 7. The van der Waals surface area contributed by atoms with Crippen LogP contribution in [0.4, 0.5) is 5.69 Å². The predicted octanol–water partition coefficient (Wildman–Crippen LogP) is 1.64. The normalized spacial score (nSPS) is 9.91. The van der Waals surface area contributed by atoms with Crippen LogP contribution in [0.25, 0.3) is 0 Å². The third-order valence-corrected chi connectivity index (χ3v) is 3.36. The molecule has 0 saturated heterocycles. The third kappa shape index (κ3) is 5.69. The molecule has 0 saturated carbocycles. The van der Waals surface area contributed by atoms with Crippen LogP contribution in [0.5, 0.6) is 11.5 Å². The van der Waals surface area contributed by atoms with Crippen molar-refractivity contribution in [2.75, 3.05) is 46.4 Å². The van der Waals surface area contributed by atoms with E-state index in [9.17, 15) is 9.59 Å². The summed E-state index contributed by atoms with van der Waals surface area (Å²) in [6.07, 6.45) is 0.429. The highest BCUT2D eigenvalue weighted by molar-refractivity contribution is 5.71. The average molecular weight is 325 g/mol. The number of ether oxygens (including phenoxy) is 4. The second-order valence-corrected chi connectivity index (χ2v) is 4.68. The molecule has 0 aromatic heterocycles. The van der Waals surface area contributed by atoms with Crippen molar-refractivity contribution >= 4 is 17.6 Å². The molecule has 0 radical (unpaired) electrons. The molecular weight excluding hydrogens is 302 g/mol. The SMILES string of the molecule is COC(=O)CCN(CCC(=O)OC)c1ccc(OC)c(OC)c1. The lowest BCUT2D eigenvalue weighted by molar-refractivity contribution is -0.140. The van der Waals surface area contributed by atoms with Crippen molar-refractivity contribution in [3.63, 3.8) is 0 Å². The monoisotopic (exact) mass is 325 g/mol. The Morgan fingerprint density at radius 3 is 1.83 bits per heavy atom. The summed E-state index contributed by atoms with van der Waals surface area (Å²) in [7, 11) is 5.80. The van der Waals surface area contributed by atoms with E-state index in [2.05, 4.69) is 9.47 Å². The van der Waals surface area contributed by atoms with Gasteiger partial charge in [0.1, 0.15) is 0 Å². The van der Waals surface area contributed by atoms with Crippen molar-refractivity contribution in [2.45, 2.75) is 12.8 Å². The molecule has 0 heterocycles. The first-order valence-electron chi connectivity index (χ1n) is 7.16. The highest BCUT2D eigenvalue weighted by atomic mass is 16.5. The van der Waals surface area contributed by atoms with Gasteiger partial charge < -0.3 is 23.8 Å². The Kier molecular flexibility index (Phi) is 7.73. The maximum absolute atomic E-state index is 11.4. The lowest BCUT2D eigenvalue weighted by Gasteiger charge is -2.25. The highest BCUT2D eigenvalue weighted by Crippen LogP contribution is 2.31. The molecule has 0 amide bonds. The molecule has 0 fully saturated rings. The molecule has 1 aromatic rings. The maximum atomic E-state index is 11.4. The smallest absolute Gasteiger partial charge is 0.307 e. The minimum Gasteiger partial charge on any atom is -0.493 e. The van der Waals surface area contributed by atoms with Gasteiger partial charge in [0.05, 0.1) is 41.3 Å². The molecule has 1 rings (SSSR count). The Morgan fingerprint density at radius 1 is 0.870 bits per heavy atom. The van der Waals surface area contributed by atoms with Crippen LogP contribution in [0, 0.1) is 0 Å². The lowest BCUT2D eigenvalue weighted by Crippen LogP contribution is -2.29. The first-order valence-corrected chi connectivity index (χ1v) is 7.16. The van der Waals surface area contributed by atoms with Crippen LogP contribution in [0.15, 0.2) is 18.2 Å². The topological polar surface area (TPSA) is 74.3 Å². The Hall–Kier alpha value is -2.44. The first kappa shape index (κ1) is 18.6. The van der Waals surface area contributed by atoms with Crippen molar-refractivity contribution in [2.24, 2.45) is 0 Å². The molecule has 7 nitrogen and oxygen atoms in total. The molecular formula is C16H23NO6. The van der Waals surface area contributed by atoms with Crippen LogP contribution in [-0.2, 0) is 19.1 Å². The fourth-order valence-corrected chi connectivity index (χ4v) is 2.05. The molecule has 0 aliphatic carbocycles. The molecule has 128 valence electrons. The molecule has 1 aromatic carbocycles. The van der Waals surface area contributed by atoms with Crippen LogP contribution in [0.1, 0.15) is 12.8 Å². The minimum atomic E-state index is -0.312. The Morgan fingerprint density at radius 2 is 1.39 bits per heavy atom. The average Bonchev–Trinajstić information content (AvgIpc) is 2.60. The van der Waals surface area contributed by atoms with Gasteiger partial charge in [-0.15, -0.1) is 0 Å². The predicted molar refractivity (Wildman–Crippen MR) is 85.0 cm³/mol. The Labute approximate surface area is 136 Å². The van der Waals surface area contributed by atoms with Gasteiger partial charge in [-0.3, -0.25) is 9.59 Å². The van der Waals surface area contributed by atoms with E-state index in [1.807, 2.05) is 11.0 Å². The van der Waals surface area contributed by atoms with Crippen molar-refractivity contribution < 1.29 is 28.5 Å². The van der Waals surface area contributed by atoms with E-state index in [4.69, 9.17) is 9.47 Å². The van der Waals surface area contributed by atoms with Crippen LogP contribution >= 0.6 is 0 Å². The zero-order valence-corrected chi connectivity index (χ0v) is 14.0. The molecule has 0 unspecified atom stereocenters. The van der Waals surface area contributed by atoms with Crippen molar-refractivity contribution in [1.29, 1.82) is 0 Å². The lowest BCUT2D eigenvalue weighted by atomic mass is 10.2. The molecule has 0 aliphatic heterocycles. The van der Waals surface area contributed by atoms with E-state index in [-0.39, 0.29) is 24.8 Å². The van der Waals surface area contributed by atoms with Crippen molar-refractivity contribution in [3.05, 3.63) is 18.2 Å². The van der Waals surface area contributed by atoms with Gasteiger partial charge in [0.2, 0.25) is 0 Å². The molecule has 0 aliphatic rings. The fourth-order valence-electron chi connectivity index (χ4n) is 2.05. The summed E-state index contributed by atoms with van der Waals surface area (Å²) in [6, 6.07) is 5.42. The van der Waals surface area contributed by atoms with Crippen molar-refractivity contribution in [1.82, 2.24) is 0 Å². The van der Waals surface area contributed by atoms with Crippen molar-refractivity contribution in [3.8, 4) is 11.5 Å². The van der Waals surface area contributed by atoms with Gasteiger partial charge in [-0.25, -0.2) is 0 Å². The van der Waals surface area contributed by atoms with Gasteiger partial charge in [0, 0.05) is 24.8 Å². The molecule has 23 heavy (non-hydrogen) atoms. The molecule has 0 spiro atoms. The number of rotatable bonds is 9. The number of hydrogen-bond donors (Lipinski definition) is 0. The third-order valence-electron chi connectivity index (χ3n) is 3.36. The Balaban J connectivity index is 2.92. The molecule has 0 N–H and O–H groups in total. The van der Waals surface area contributed by atoms with E-state index in [1.165, 1.54) is 14.2 Å². The summed E-state index contributed by atoms with van der Waals surface area (Å²) in [6.45, 7) is 0.832. The van der Waals surface area contributed by atoms with E-state index >= 15 is 0 Å². The van der Waals surface area contributed by atoms with E-state index in [1.54, 1.807) is 26.4 Å². The molecule has 7 heteroatoms. The number of nitrogens with zero attached hydrogens (tertiary/aromatic N) is 1. The van der Waals surface area contributed by atoms with E-state index in [0.29, 0.717) is 24.6 Å². The summed E-state index contributed by atoms with van der Waals surface area (Å²) >= 11 is 0. The van der Waals surface area contributed by atoms with Crippen LogP contribution in [-0.4, -0.2) is 53.5 Å². The second-order valence-electron chi connectivity index (χ2n) is 4.68. The number of anilines is 1. The zero-order chi connectivity index (χ0) is 17.2. The molecule has 0 atom stereocenters. The number of methoxy groups -OCH3 is 4. The molecule has 0 bridgehead atoms. The summed E-state index contributed by atoms with van der Waals surface area (Å²) in [5.41, 5.74) is 0.815. The summed E-state index contributed by atoms with van der Waals surface area (Å²) in [5.74, 6) is 0.561. The summed E-state index contributed by atoms with van der Waals surface area (Å²) < 4.78 is 19.8. The second kappa shape index (κ2) is 9.55. The number of esters is 2. The van der Waals surface area contributed by atoms with Gasteiger partial charge >= 0.3 is 11.9 Å². The van der Waals surface area contributed by atoms with Crippen LogP contribution in [0.2, 0.25) is 0 Å². The fraction of sp³-hybridized carbons (Fsp3) is 0.500. The number of carbonyl (C=O) groups is 2. The maximum Gasteiger partial charge on any atom is 0.307 e. The van der Waals surface area contributed by atoms with Gasteiger partial charge in [-0.2, -0.15) is 0 Å². The minimum absolute atomic E-state index is 0.214. The summed E-state index contributed by atoms with van der Waals surface area (Å²) in [4.78, 5) is 24.7. The van der Waals surface area contributed by atoms with E-state index < -0.39 is 0 Å². The highest BCUT2D eigenvalue weighted by Gasteiger charge is 2.14. The van der Waals surface area contributed by atoms with Gasteiger partial charge in [-0.1, -0.05) is 0 Å². The number of carbonyl (C=O) groups excluding carboxylic acids is 2. The first-order chi connectivity index (χ1) is 11.0. The Bertz CT molecular complexity index is 511.